The Kier molecular flexibility index (Phi) is 5.08. The van der Waals surface area contributed by atoms with Crippen LogP contribution >= 0.6 is 0 Å². The highest BCUT2D eigenvalue weighted by molar-refractivity contribution is 6.20. The van der Waals surface area contributed by atoms with Crippen LogP contribution in [-0.4, -0.2) is 14.5 Å². The van der Waals surface area contributed by atoms with Crippen molar-refractivity contribution in [2.45, 2.75) is 0 Å². The average molecular weight is 612 g/mol. The number of benzene rings is 8. The van der Waals surface area contributed by atoms with Crippen molar-refractivity contribution in [3.8, 4) is 17.2 Å². The highest BCUT2D eigenvalue weighted by Crippen LogP contribution is 2.40. The SMILES string of the molecule is c1ccc2cc3c(cc2c1)c1cc2ccccc2cc1n3-c1nc(-c2ccc3oc4ccc5ccccc5c4c3c2)c2ccccc2n1. The van der Waals surface area contributed by atoms with E-state index >= 15 is 0 Å². The fourth-order valence-electron chi connectivity index (χ4n) is 7.68. The van der Waals surface area contributed by atoms with E-state index in [4.69, 9.17) is 14.4 Å². The van der Waals surface area contributed by atoms with E-state index in [-0.39, 0.29) is 0 Å². The number of para-hydroxylation sites is 1. The van der Waals surface area contributed by atoms with E-state index in [1.807, 2.05) is 0 Å². The first-order chi connectivity index (χ1) is 23.8. The number of aromatic nitrogens is 3. The van der Waals surface area contributed by atoms with Gasteiger partial charge in [0.1, 0.15) is 11.2 Å². The highest BCUT2D eigenvalue weighted by atomic mass is 16.3. The summed E-state index contributed by atoms with van der Waals surface area (Å²) in [6.45, 7) is 0. The normalized spacial score (nSPS) is 12.2. The quantitative estimate of drug-likeness (QED) is 0.195. The Morgan fingerprint density at radius 2 is 1.00 bits per heavy atom. The summed E-state index contributed by atoms with van der Waals surface area (Å²) in [4.78, 5) is 10.7. The third-order valence-electron chi connectivity index (χ3n) is 9.92. The van der Waals surface area contributed by atoms with Crippen LogP contribution in [0.5, 0.6) is 0 Å². The molecule has 3 heterocycles. The van der Waals surface area contributed by atoms with Crippen molar-refractivity contribution in [3.63, 3.8) is 0 Å². The van der Waals surface area contributed by atoms with Crippen LogP contribution in [0.15, 0.2) is 156 Å². The van der Waals surface area contributed by atoms with Crippen molar-refractivity contribution in [1.82, 2.24) is 14.5 Å². The van der Waals surface area contributed by atoms with Gasteiger partial charge in [-0.1, -0.05) is 97.1 Å². The largest absolute Gasteiger partial charge is 0.456 e. The molecule has 0 bridgehead atoms. The van der Waals surface area contributed by atoms with Gasteiger partial charge < -0.3 is 4.42 Å². The maximum atomic E-state index is 6.35. The van der Waals surface area contributed by atoms with E-state index in [9.17, 15) is 0 Å². The van der Waals surface area contributed by atoms with E-state index in [2.05, 4.69) is 156 Å². The number of rotatable bonds is 2. The summed E-state index contributed by atoms with van der Waals surface area (Å²) in [5.74, 6) is 0.650. The van der Waals surface area contributed by atoms with Crippen LogP contribution in [0.25, 0.3) is 104 Å². The molecule has 3 aromatic heterocycles. The first kappa shape index (κ1) is 25.6. The first-order valence-electron chi connectivity index (χ1n) is 16.2. The van der Waals surface area contributed by atoms with E-state index in [1.165, 1.54) is 43.1 Å². The zero-order chi connectivity index (χ0) is 31.3. The van der Waals surface area contributed by atoms with Crippen molar-refractivity contribution in [2.24, 2.45) is 0 Å². The van der Waals surface area contributed by atoms with E-state index in [0.717, 1.165) is 55.1 Å². The Labute approximate surface area is 274 Å². The molecule has 0 spiro atoms. The van der Waals surface area contributed by atoms with E-state index in [1.54, 1.807) is 0 Å². The molecule has 222 valence electrons. The van der Waals surface area contributed by atoms with Crippen LogP contribution in [0.2, 0.25) is 0 Å². The molecule has 11 aromatic rings. The molecule has 0 saturated carbocycles. The molecule has 0 amide bonds. The van der Waals surface area contributed by atoms with Gasteiger partial charge in [-0.2, -0.15) is 0 Å². The van der Waals surface area contributed by atoms with Gasteiger partial charge in [-0.15, -0.1) is 0 Å². The van der Waals surface area contributed by atoms with Crippen LogP contribution in [0.1, 0.15) is 0 Å². The van der Waals surface area contributed by atoms with E-state index in [0.29, 0.717) is 5.95 Å². The topological polar surface area (TPSA) is 43.9 Å². The highest BCUT2D eigenvalue weighted by Gasteiger charge is 2.20. The van der Waals surface area contributed by atoms with Crippen molar-refractivity contribution in [1.29, 1.82) is 0 Å². The molecule has 8 aromatic carbocycles. The average Bonchev–Trinajstić information content (AvgIpc) is 3.67. The Balaban J connectivity index is 1.24. The van der Waals surface area contributed by atoms with Crippen LogP contribution in [-0.2, 0) is 0 Å². The van der Waals surface area contributed by atoms with E-state index < -0.39 is 0 Å². The zero-order valence-corrected chi connectivity index (χ0v) is 25.7. The monoisotopic (exact) mass is 611 g/mol. The lowest BCUT2D eigenvalue weighted by Gasteiger charge is -2.12. The van der Waals surface area contributed by atoms with Gasteiger partial charge in [0.2, 0.25) is 5.95 Å². The lowest BCUT2D eigenvalue weighted by Crippen LogP contribution is -2.03. The van der Waals surface area contributed by atoms with Gasteiger partial charge in [0, 0.05) is 32.5 Å². The van der Waals surface area contributed by atoms with Gasteiger partial charge >= 0.3 is 0 Å². The molecular weight excluding hydrogens is 587 g/mol. The van der Waals surface area contributed by atoms with Crippen LogP contribution in [0.3, 0.4) is 0 Å². The minimum atomic E-state index is 0.650. The molecule has 48 heavy (non-hydrogen) atoms. The maximum absolute atomic E-state index is 6.35. The zero-order valence-electron chi connectivity index (χ0n) is 25.7. The summed E-state index contributed by atoms with van der Waals surface area (Å²) in [6, 6.07) is 53.7. The smallest absolute Gasteiger partial charge is 0.235 e. The third kappa shape index (κ3) is 3.60. The van der Waals surface area contributed by atoms with Gasteiger partial charge in [0.15, 0.2) is 0 Å². The third-order valence-corrected chi connectivity index (χ3v) is 9.92. The van der Waals surface area contributed by atoms with Crippen molar-refractivity contribution < 1.29 is 4.42 Å². The van der Waals surface area contributed by atoms with Crippen molar-refractivity contribution >= 4 is 87.0 Å². The van der Waals surface area contributed by atoms with Gasteiger partial charge in [-0.3, -0.25) is 4.57 Å². The molecule has 0 fully saturated rings. The Morgan fingerprint density at radius 1 is 0.417 bits per heavy atom. The molecule has 0 radical (unpaired) electrons. The molecule has 0 aliphatic heterocycles. The Hall–Kier alpha value is -6.52. The summed E-state index contributed by atoms with van der Waals surface area (Å²) >= 11 is 0. The predicted molar refractivity (Wildman–Crippen MR) is 199 cm³/mol. The first-order valence-corrected chi connectivity index (χ1v) is 16.2. The predicted octanol–water partition coefficient (Wildman–Crippen LogP) is 11.8. The van der Waals surface area contributed by atoms with Gasteiger partial charge in [-0.25, -0.2) is 9.97 Å². The summed E-state index contributed by atoms with van der Waals surface area (Å²) in [7, 11) is 0. The fraction of sp³-hybridized carbons (Fsp3) is 0. The minimum Gasteiger partial charge on any atom is -0.456 e. The number of furan rings is 1. The second-order valence-electron chi connectivity index (χ2n) is 12.6. The second-order valence-corrected chi connectivity index (χ2v) is 12.6. The summed E-state index contributed by atoms with van der Waals surface area (Å²) in [6.07, 6.45) is 0. The summed E-state index contributed by atoms with van der Waals surface area (Å²) in [5.41, 5.74) is 6.74. The second kappa shape index (κ2) is 9.50. The Morgan fingerprint density at radius 3 is 1.71 bits per heavy atom. The van der Waals surface area contributed by atoms with Gasteiger partial charge in [0.05, 0.1) is 22.2 Å². The summed E-state index contributed by atoms with van der Waals surface area (Å²) < 4.78 is 8.60. The lowest BCUT2D eigenvalue weighted by molar-refractivity contribution is 0.669. The number of hydrogen-bond acceptors (Lipinski definition) is 3. The minimum absolute atomic E-state index is 0.650. The van der Waals surface area contributed by atoms with Crippen LogP contribution in [0.4, 0.5) is 0 Å². The molecule has 0 unspecified atom stereocenters. The van der Waals surface area contributed by atoms with Crippen molar-refractivity contribution in [3.05, 3.63) is 152 Å². The molecular formula is C44H25N3O. The standard InChI is InChI=1S/C44H25N3O/c1-3-12-29-24-38-34(21-27(29)10-1)35-22-28-11-2-4-13-30(28)25-39(35)47(38)44-45-37-16-8-7-15-33(37)43(46-44)31-18-19-40-36(23-31)42-32-14-6-5-9-26(32)17-20-41(42)48-40/h1-25H. The molecule has 4 nitrogen and oxygen atoms in total. The number of fused-ring (bicyclic) bond motifs is 11. The molecule has 0 atom stereocenters. The molecule has 4 heteroatoms. The number of nitrogens with zero attached hydrogens (tertiary/aromatic N) is 3. The van der Waals surface area contributed by atoms with Crippen LogP contribution in [0, 0.1) is 0 Å². The lowest BCUT2D eigenvalue weighted by atomic mass is 10.0. The van der Waals surface area contributed by atoms with Crippen molar-refractivity contribution in [2.75, 3.05) is 0 Å². The number of hydrogen-bond donors (Lipinski definition) is 0. The summed E-state index contributed by atoms with van der Waals surface area (Å²) in [5, 5.41) is 12.8. The molecule has 0 aliphatic rings. The van der Waals surface area contributed by atoms with Gasteiger partial charge in [0.25, 0.3) is 0 Å². The van der Waals surface area contributed by atoms with Crippen LogP contribution < -0.4 is 0 Å². The van der Waals surface area contributed by atoms with Gasteiger partial charge in [-0.05, 0) is 86.9 Å². The maximum Gasteiger partial charge on any atom is 0.235 e. The fourth-order valence-corrected chi connectivity index (χ4v) is 7.68. The molecule has 0 saturated heterocycles. The Bertz CT molecular complexity index is 3040. The molecule has 0 N–H and O–H groups in total. The molecule has 0 aliphatic carbocycles. The molecule has 11 rings (SSSR count).